The smallest absolute Gasteiger partial charge is 0.185 e. The van der Waals surface area contributed by atoms with Crippen molar-refractivity contribution >= 4 is 5.78 Å². The van der Waals surface area contributed by atoms with Gasteiger partial charge in [-0.15, -0.1) is 0 Å². The van der Waals surface area contributed by atoms with Crippen LogP contribution in [0.25, 0.3) is 0 Å². The minimum absolute atomic E-state index is 0.122. The molecule has 0 bridgehead atoms. The number of aryl methyl sites for hydroxylation is 1. The molecule has 21 heavy (non-hydrogen) atoms. The van der Waals surface area contributed by atoms with Gasteiger partial charge in [0.05, 0.1) is 6.20 Å². The molecule has 1 aromatic heterocycles. The molecule has 1 spiro atoms. The third-order valence-electron chi connectivity index (χ3n) is 5.36. The van der Waals surface area contributed by atoms with Crippen LogP contribution in [0.5, 0.6) is 0 Å². The largest absolute Gasteiger partial charge is 0.289 e. The van der Waals surface area contributed by atoms with Crippen LogP contribution in [0.4, 0.5) is 0 Å². The Labute approximate surface area is 125 Å². The van der Waals surface area contributed by atoms with Crippen molar-refractivity contribution in [2.75, 3.05) is 0 Å². The molecular weight excluding hydrogens is 260 g/mol. The molecule has 0 N–H and O–H groups in total. The van der Waals surface area contributed by atoms with E-state index in [1.807, 2.05) is 24.0 Å². The van der Waals surface area contributed by atoms with Crippen LogP contribution in [0.15, 0.2) is 47.8 Å². The minimum Gasteiger partial charge on any atom is -0.289 e. The third-order valence-corrected chi connectivity index (χ3v) is 5.36. The normalized spacial score (nSPS) is 26.7. The second-order valence-corrected chi connectivity index (χ2v) is 6.53. The Morgan fingerprint density at radius 3 is 2.81 bits per heavy atom. The quantitative estimate of drug-likeness (QED) is 0.789. The van der Waals surface area contributed by atoms with Gasteiger partial charge in [0.15, 0.2) is 5.78 Å². The van der Waals surface area contributed by atoms with E-state index < -0.39 is 0 Å². The van der Waals surface area contributed by atoms with Crippen molar-refractivity contribution in [3.05, 3.63) is 53.4 Å². The fraction of sp³-hybridized carbons (Fsp3) is 0.444. The van der Waals surface area contributed by atoms with Gasteiger partial charge in [0.2, 0.25) is 0 Å². The van der Waals surface area contributed by atoms with Crippen molar-refractivity contribution in [1.82, 2.24) is 9.78 Å². The maximum absolute atomic E-state index is 12.3. The molecule has 4 rings (SSSR count). The SMILES string of the molecule is Cn1cc(C2C=C3C(=O)C=CC=C3C23CCCCC3)cn1. The van der Waals surface area contributed by atoms with Crippen LogP contribution in [-0.4, -0.2) is 15.6 Å². The van der Waals surface area contributed by atoms with E-state index >= 15 is 0 Å². The van der Waals surface area contributed by atoms with E-state index in [9.17, 15) is 4.79 Å². The van der Waals surface area contributed by atoms with E-state index in [4.69, 9.17) is 0 Å². The highest BCUT2D eigenvalue weighted by atomic mass is 16.1. The van der Waals surface area contributed by atoms with Crippen LogP contribution in [0.2, 0.25) is 0 Å². The molecule has 3 aliphatic carbocycles. The Hall–Kier alpha value is -1.90. The Morgan fingerprint density at radius 1 is 1.29 bits per heavy atom. The highest BCUT2D eigenvalue weighted by Gasteiger charge is 2.49. The van der Waals surface area contributed by atoms with Gasteiger partial charge in [0.25, 0.3) is 0 Å². The van der Waals surface area contributed by atoms with Crippen LogP contribution < -0.4 is 0 Å². The fourth-order valence-corrected chi connectivity index (χ4v) is 4.42. The molecule has 0 saturated heterocycles. The molecule has 108 valence electrons. The molecule has 3 heteroatoms. The first kappa shape index (κ1) is 12.8. The summed E-state index contributed by atoms with van der Waals surface area (Å²) < 4.78 is 1.86. The summed E-state index contributed by atoms with van der Waals surface area (Å²) in [7, 11) is 1.96. The van der Waals surface area contributed by atoms with Gasteiger partial charge in [0.1, 0.15) is 0 Å². The van der Waals surface area contributed by atoms with Gasteiger partial charge in [-0.25, -0.2) is 0 Å². The lowest BCUT2D eigenvalue weighted by Crippen LogP contribution is -2.30. The lowest BCUT2D eigenvalue weighted by Gasteiger charge is -2.41. The van der Waals surface area contributed by atoms with Crippen molar-refractivity contribution in [2.45, 2.75) is 38.0 Å². The highest BCUT2D eigenvalue weighted by Crippen LogP contribution is 2.59. The Morgan fingerprint density at radius 2 is 2.10 bits per heavy atom. The maximum Gasteiger partial charge on any atom is 0.185 e. The first-order valence-corrected chi connectivity index (χ1v) is 7.85. The summed E-state index contributed by atoms with van der Waals surface area (Å²) in [6, 6.07) is 0. The molecule has 1 aromatic rings. The van der Waals surface area contributed by atoms with E-state index in [0.717, 1.165) is 5.57 Å². The number of hydrogen-bond donors (Lipinski definition) is 0. The van der Waals surface area contributed by atoms with Gasteiger partial charge < -0.3 is 0 Å². The van der Waals surface area contributed by atoms with Gasteiger partial charge in [-0.3, -0.25) is 9.48 Å². The second kappa shape index (κ2) is 4.55. The molecule has 1 heterocycles. The molecule has 1 saturated carbocycles. The zero-order chi connectivity index (χ0) is 14.4. The van der Waals surface area contributed by atoms with Crippen LogP contribution in [-0.2, 0) is 11.8 Å². The summed E-state index contributed by atoms with van der Waals surface area (Å²) >= 11 is 0. The summed E-state index contributed by atoms with van der Waals surface area (Å²) in [4.78, 5) is 12.3. The molecule has 0 aliphatic heterocycles. The summed E-state index contributed by atoms with van der Waals surface area (Å²) in [6.45, 7) is 0. The van der Waals surface area contributed by atoms with Crippen LogP contribution in [0.1, 0.15) is 43.6 Å². The fourth-order valence-electron chi connectivity index (χ4n) is 4.42. The molecule has 0 aromatic carbocycles. The van der Waals surface area contributed by atoms with Crippen molar-refractivity contribution < 1.29 is 4.79 Å². The number of hydrogen-bond acceptors (Lipinski definition) is 2. The maximum atomic E-state index is 12.3. The Balaban J connectivity index is 1.86. The lowest BCUT2D eigenvalue weighted by atomic mass is 9.62. The summed E-state index contributed by atoms with van der Waals surface area (Å²) in [6.07, 6.45) is 18.3. The first-order valence-electron chi connectivity index (χ1n) is 7.85. The summed E-state index contributed by atoms with van der Waals surface area (Å²) in [5.74, 6) is 0.473. The number of carbonyl (C=O) groups excluding carboxylic acids is 1. The van der Waals surface area contributed by atoms with Crippen molar-refractivity contribution in [1.29, 1.82) is 0 Å². The number of ketones is 1. The molecule has 3 nitrogen and oxygen atoms in total. The van der Waals surface area contributed by atoms with Crippen molar-refractivity contribution in [3.63, 3.8) is 0 Å². The zero-order valence-corrected chi connectivity index (χ0v) is 12.4. The molecule has 0 radical (unpaired) electrons. The summed E-state index contributed by atoms with van der Waals surface area (Å²) in [5.41, 5.74) is 3.59. The van der Waals surface area contributed by atoms with Crippen LogP contribution in [0.3, 0.4) is 0 Å². The third kappa shape index (κ3) is 1.80. The molecule has 1 unspecified atom stereocenters. The molecule has 1 atom stereocenters. The lowest BCUT2D eigenvalue weighted by molar-refractivity contribution is -0.111. The number of carbonyl (C=O) groups is 1. The Kier molecular flexibility index (Phi) is 2.78. The number of aromatic nitrogens is 2. The van der Waals surface area contributed by atoms with E-state index in [-0.39, 0.29) is 11.2 Å². The predicted molar refractivity (Wildman–Crippen MR) is 81.8 cm³/mol. The van der Waals surface area contributed by atoms with Gasteiger partial charge in [-0.1, -0.05) is 37.5 Å². The number of allylic oxidation sites excluding steroid dienone is 6. The van der Waals surface area contributed by atoms with Gasteiger partial charge in [0, 0.05) is 30.2 Å². The molecular formula is C18H20N2O. The number of nitrogens with zero attached hydrogens (tertiary/aromatic N) is 2. The average molecular weight is 280 g/mol. The number of fused-ring (bicyclic) bond motifs is 2. The number of rotatable bonds is 1. The van der Waals surface area contributed by atoms with E-state index in [1.165, 1.54) is 43.2 Å². The van der Waals surface area contributed by atoms with Gasteiger partial charge in [-0.05, 0) is 30.1 Å². The van der Waals surface area contributed by atoms with Crippen LogP contribution in [0, 0.1) is 5.41 Å². The Bertz CT molecular complexity index is 684. The van der Waals surface area contributed by atoms with Gasteiger partial charge >= 0.3 is 0 Å². The van der Waals surface area contributed by atoms with Gasteiger partial charge in [-0.2, -0.15) is 5.10 Å². The molecule has 3 aliphatic rings. The zero-order valence-electron chi connectivity index (χ0n) is 12.4. The van der Waals surface area contributed by atoms with Crippen LogP contribution >= 0.6 is 0 Å². The average Bonchev–Trinajstić information content (AvgIpc) is 3.04. The minimum atomic E-state index is 0.122. The standard InChI is InChI=1S/C18H20N2O/c1-20-12-13(11-19-20)16-10-14-15(6-5-7-17(14)21)18(16)8-3-2-4-9-18/h5-7,10-12,16H,2-4,8-9H2,1H3. The van der Waals surface area contributed by atoms with Crippen molar-refractivity contribution in [2.24, 2.45) is 12.5 Å². The topological polar surface area (TPSA) is 34.9 Å². The monoisotopic (exact) mass is 280 g/mol. The van der Waals surface area contributed by atoms with E-state index in [2.05, 4.69) is 23.4 Å². The second-order valence-electron chi connectivity index (χ2n) is 6.53. The highest BCUT2D eigenvalue weighted by molar-refractivity contribution is 6.10. The predicted octanol–water partition coefficient (Wildman–Crippen LogP) is 3.46. The summed E-state index contributed by atoms with van der Waals surface area (Å²) in [5, 5.41) is 4.34. The van der Waals surface area contributed by atoms with E-state index in [0.29, 0.717) is 5.92 Å². The van der Waals surface area contributed by atoms with Crippen molar-refractivity contribution in [3.8, 4) is 0 Å². The molecule has 0 amide bonds. The molecule has 1 fully saturated rings. The van der Waals surface area contributed by atoms with E-state index in [1.54, 1.807) is 6.08 Å². The first-order chi connectivity index (χ1) is 10.2.